The maximum absolute atomic E-state index is 12.8. The highest BCUT2D eigenvalue weighted by molar-refractivity contribution is 6.43. The van der Waals surface area contributed by atoms with Crippen LogP contribution in [0.2, 0.25) is 10.0 Å². The molecule has 0 aliphatic carbocycles. The van der Waals surface area contributed by atoms with Gasteiger partial charge >= 0.3 is 0 Å². The fourth-order valence-electron chi connectivity index (χ4n) is 4.75. The molecule has 0 bridgehead atoms. The molecule has 1 saturated heterocycles. The van der Waals surface area contributed by atoms with Gasteiger partial charge in [0.2, 0.25) is 11.8 Å². The zero-order chi connectivity index (χ0) is 27.8. The number of rotatable bonds is 11. The number of aromatic nitrogens is 1. The van der Waals surface area contributed by atoms with Gasteiger partial charge in [-0.05, 0) is 61.5 Å². The highest BCUT2D eigenvalue weighted by atomic mass is 35.5. The topological polar surface area (TPSA) is 83.9 Å². The highest BCUT2D eigenvalue weighted by Gasteiger charge is 2.19. The van der Waals surface area contributed by atoms with E-state index in [4.69, 9.17) is 27.9 Å². The molecule has 1 aromatic heterocycles. The Balaban J connectivity index is 1.24. The molecule has 3 aromatic rings. The molecule has 0 saturated carbocycles. The van der Waals surface area contributed by atoms with Gasteiger partial charge in [-0.1, -0.05) is 29.3 Å². The number of halogens is 2. The van der Waals surface area contributed by atoms with Gasteiger partial charge in [-0.25, -0.2) is 4.57 Å². The van der Waals surface area contributed by atoms with Gasteiger partial charge in [-0.15, -0.1) is 0 Å². The van der Waals surface area contributed by atoms with Gasteiger partial charge in [0, 0.05) is 58.2 Å². The minimum Gasteiger partial charge on any atom is -0.494 e. The number of anilines is 1. The van der Waals surface area contributed by atoms with E-state index in [0.29, 0.717) is 40.9 Å². The molecule has 0 spiro atoms. The molecule has 1 fully saturated rings. The van der Waals surface area contributed by atoms with E-state index in [1.165, 1.54) is 17.6 Å². The molecule has 10 heteroatoms. The molecule has 1 aliphatic heterocycles. The number of benzene rings is 2. The molecule has 1 N–H and O–H groups in total. The minimum absolute atomic E-state index is 0.145. The minimum atomic E-state index is -0.373. The second-order valence-corrected chi connectivity index (χ2v) is 10.5. The number of hydrogen-bond donors (Lipinski definition) is 1. The molecule has 4 rings (SSSR count). The molecule has 0 radical (unpaired) electrons. The molecule has 39 heavy (non-hydrogen) atoms. The first kappa shape index (κ1) is 28.9. The molecule has 0 atom stereocenters. The highest BCUT2D eigenvalue weighted by Crippen LogP contribution is 2.32. The molecule has 2 aromatic carbocycles. The number of carbonyl (C=O) groups is 2. The van der Waals surface area contributed by atoms with Crippen LogP contribution >= 0.6 is 23.2 Å². The number of unbranched alkanes of at least 4 members (excludes halogenated alkanes) is 1. The Morgan fingerprint density at radius 2 is 1.74 bits per heavy atom. The number of ether oxygens (including phenoxy) is 1. The van der Waals surface area contributed by atoms with Crippen LogP contribution < -0.4 is 20.5 Å². The predicted octanol–water partition coefficient (Wildman–Crippen LogP) is 4.85. The first-order chi connectivity index (χ1) is 18.8. The molecule has 0 unspecified atom stereocenters. The molecule has 1 aliphatic rings. The van der Waals surface area contributed by atoms with Crippen LogP contribution in [0.5, 0.6) is 5.75 Å². The van der Waals surface area contributed by atoms with Crippen LogP contribution in [0.3, 0.4) is 0 Å². The number of carbonyl (C=O) groups excluding carboxylic acids is 2. The van der Waals surface area contributed by atoms with Crippen molar-refractivity contribution in [3.8, 4) is 5.75 Å². The van der Waals surface area contributed by atoms with Crippen LogP contribution in [0, 0.1) is 0 Å². The van der Waals surface area contributed by atoms with Crippen molar-refractivity contribution in [3.63, 3.8) is 0 Å². The Morgan fingerprint density at radius 3 is 2.51 bits per heavy atom. The second-order valence-electron chi connectivity index (χ2n) is 9.67. The van der Waals surface area contributed by atoms with Gasteiger partial charge in [0.25, 0.3) is 5.56 Å². The van der Waals surface area contributed by atoms with Crippen molar-refractivity contribution in [1.82, 2.24) is 14.8 Å². The average molecular weight is 574 g/mol. The third-order valence-electron chi connectivity index (χ3n) is 6.84. The number of hydrogen-bond acceptors (Lipinski definition) is 6. The lowest BCUT2D eigenvalue weighted by Gasteiger charge is -2.36. The maximum Gasteiger partial charge on any atom is 0.257 e. The fraction of sp³-hybridized carbons (Fsp3) is 0.414. The standard InChI is InChI=1S/C29H34Cl2N4O4/c1-21(36)32-13-5-8-27(37)35-26-20-23(11-9-22(26)10-12-28(35)38)39-19-3-2-14-33-15-17-34(18-16-33)25-7-4-6-24(30)29(25)31/h4,6-7,9-12,20H,2-3,5,8,13-19H2,1H3,(H,32,36). The van der Waals surface area contributed by atoms with Crippen molar-refractivity contribution in [1.29, 1.82) is 0 Å². The monoisotopic (exact) mass is 572 g/mol. The van der Waals surface area contributed by atoms with E-state index in [-0.39, 0.29) is 23.8 Å². The zero-order valence-corrected chi connectivity index (χ0v) is 23.6. The summed E-state index contributed by atoms with van der Waals surface area (Å²) >= 11 is 12.6. The lowest BCUT2D eigenvalue weighted by atomic mass is 10.2. The molecular weight excluding hydrogens is 539 g/mol. The summed E-state index contributed by atoms with van der Waals surface area (Å²) in [6.45, 7) is 7.09. The van der Waals surface area contributed by atoms with E-state index in [1.54, 1.807) is 18.2 Å². The van der Waals surface area contributed by atoms with Gasteiger partial charge in [-0.2, -0.15) is 0 Å². The van der Waals surface area contributed by atoms with Gasteiger partial charge in [0.1, 0.15) is 5.75 Å². The lowest BCUT2D eigenvalue weighted by Crippen LogP contribution is -2.46. The molecule has 208 valence electrons. The number of fused-ring (bicyclic) bond motifs is 1. The number of nitrogens with zero attached hydrogens (tertiary/aromatic N) is 3. The van der Waals surface area contributed by atoms with Crippen LogP contribution in [0.4, 0.5) is 5.69 Å². The second kappa shape index (κ2) is 13.8. The average Bonchev–Trinajstić information content (AvgIpc) is 2.92. The van der Waals surface area contributed by atoms with E-state index in [9.17, 15) is 14.4 Å². The van der Waals surface area contributed by atoms with Gasteiger partial charge in [0.05, 0.1) is 27.9 Å². The van der Waals surface area contributed by atoms with Crippen molar-refractivity contribution < 1.29 is 14.3 Å². The van der Waals surface area contributed by atoms with E-state index in [2.05, 4.69) is 15.1 Å². The summed E-state index contributed by atoms with van der Waals surface area (Å²) in [6.07, 6.45) is 2.51. The third kappa shape index (κ3) is 7.75. The molecule has 2 heterocycles. The molecule has 1 amide bonds. The summed E-state index contributed by atoms with van der Waals surface area (Å²) in [6, 6.07) is 14.3. The Bertz CT molecular complexity index is 1370. The summed E-state index contributed by atoms with van der Waals surface area (Å²) in [5, 5.41) is 4.65. The summed E-state index contributed by atoms with van der Waals surface area (Å²) < 4.78 is 7.17. The SMILES string of the molecule is CC(=O)NCCCC(=O)n1c(=O)ccc2ccc(OCCCCN3CCN(c4cccc(Cl)c4Cl)CC3)cc21. The predicted molar refractivity (Wildman–Crippen MR) is 157 cm³/mol. The first-order valence-corrected chi connectivity index (χ1v) is 14.1. The summed E-state index contributed by atoms with van der Waals surface area (Å²) in [7, 11) is 0. The number of nitrogens with one attached hydrogen (secondary N) is 1. The van der Waals surface area contributed by atoms with E-state index < -0.39 is 0 Å². The summed E-state index contributed by atoms with van der Waals surface area (Å²) in [5.41, 5.74) is 1.15. The number of piperazine rings is 1. The Labute approximate surface area is 238 Å². The number of pyridine rings is 1. The van der Waals surface area contributed by atoms with E-state index in [1.807, 2.05) is 24.3 Å². The Kier molecular flexibility index (Phi) is 10.3. The quantitative estimate of drug-likeness (QED) is 0.331. The molecule has 8 nitrogen and oxygen atoms in total. The van der Waals surface area contributed by atoms with Gasteiger partial charge in [-0.3, -0.25) is 19.3 Å². The van der Waals surface area contributed by atoms with Crippen LogP contribution in [0.15, 0.2) is 53.3 Å². The first-order valence-electron chi connectivity index (χ1n) is 13.3. The maximum atomic E-state index is 12.8. The summed E-state index contributed by atoms with van der Waals surface area (Å²) in [4.78, 5) is 41.1. The van der Waals surface area contributed by atoms with Crippen LogP contribution in [0.1, 0.15) is 37.4 Å². The van der Waals surface area contributed by atoms with Crippen molar-refractivity contribution in [2.75, 3.05) is 50.8 Å². The lowest BCUT2D eigenvalue weighted by molar-refractivity contribution is -0.118. The van der Waals surface area contributed by atoms with E-state index in [0.717, 1.165) is 56.6 Å². The normalized spacial score (nSPS) is 14.0. The smallest absolute Gasteiger partial charge is 0.257 e. The van der Waals surface area contributed by atoms with Crippen molar-refractivity contribution in [3.05, 3.63) is 68.9 Å². The Hall–Kier alpha value is -3.07. The Morgan fingerprint density at radius 1 is 0.974 bits per heavy atom. The van der Waals surface area contributed by atoms with Crippen molar-refractivity contribution >= 4 is 51.6 Å². The van der Waals surface area contributed by atoms with Crippen molar-refractivity contribution in [2.24, 2.45) is 0 Å². The van der Waals surface area contributed by atoms with Crippen LogP contribution in [-0.2, 0) is 4.79 Å². The van der Waals surface area contributed by atoms with Crippen LogP contribution in [-0.4, -0.2) is 67.2 Å². The third-order valence-corrected chi connectivity index (χ3v) is 7.65. The van der Waals surface area contributed by atoms with Gasteiger partial charge in [0.15, 0.2) is 0 Å². The summed E-state index contributed by atoms with van der Waals surface area (Å²) in [5.74, 6) is 0.180. The van der Waals surface area contributed by atoms with Crippen molar-refractivity contribution in [2.45, 2.75) is 32.6 Å². The molecular formula is C29H34Cl2N4O4. The van der Waals surface area contributed by atoms with E-state index >= 15 is 0 Å². The zero-order valence-electron chi connectivity index (χ0n) is 22.1. The fourth-order valence-corrected chi connectivity index (χ4v) is 5.17. The van der Waals surface area contributed by atoms with Gasteiger partial charge < -0.3 is 15.0 Å². The number of amides is 1. The van der Waals surface area contributed by atoms with Crippen LogP contribution in [0.25, 0.3) is 10.9 Å². The largest absolute Gasteiger partial charge is 0.494 e.